The van der Waals surface area contributed by atoms with Crippen molar-refractivity contribution in [1.29, 1.82) is 0 Å². The van der Waals surface area contributed by atoms with Gasteiger partial charge in [-0.05, 0) is 131 Å². The molecule has 0 N–H and O–H groups in total. The quantitative estimate of drug-likeness (QED) is 0.327. The molecule has 6 aliphatic carbocycles. The van der Waals surface area contributed by atoms with Crippen LogP contribution in [-0.4, -0.2) is 44.0 Å². The lowest BCUT2D eigenvalue weighted by Crippen LogP contribution is -2.48. The average molecular weight is 568 g/mol. The number of hydrogen-bond acceptors (Lipinski definition) is 3. The normalized spacial score (nSPS) is 55.7. The molecule has 0 amide bonds. The van der Waals surface area contributed by atoms with Crippen LogP contribution in [0.3, 0.4) is 0 Å². The molecule has 0 spiro atoms. The first-order chi connectivity index (χ1) is 19.3. The molecule has 39 heavy (non-hydrogen) atoms. The third-order valence-electron chi connectivity index (χ3n) is 15.0. The van der Waals surface area contributed by atoms with Crippen molar-refractivity contribution < 1.29 is 0 Å². The smallest absolute Gasteiger partial charge is 0.0133 e. The van der Waals surface area contributed by atoms with E-state index < -0.39 is 0 Å². The van der Waals surface area contributed by atoms with Crippen molar-refractivity contribution in [2.75, 3.05) is 0 Å². The SMILES string of the molecule is C1CCC(N2C3CCCCC3C3CC(C4CCCC5C6CCC7SC8CCCCC8C7C6SC45)CCC32)CC1. The van der Waals surface area contributed by atoms with E-state index in [9.17, 15) is 0 Å². The second kappa shape index (κ2) is 10.7. The second-order valence-electron chi connectivity index (χ2n) is 16.4. The predicted molar refractivity (Wildman–Crippen MR) is 168 cm³/mol. The van der Waals surface area contributed by atoms with Crippen LogP contribution in [0.2, 0.25) is 0 Å². The van der Waals surface area contributed by atoms with Gasteiger partial charge in [0.15, 0.2) is 0 Å². The molecule has 1 nitrogen and oxygen atoms in total. The van der Waals surface area contributed by atoms with E-state index in [1.165, 1.54) is 44.9 Å². The fourth-order valence-electron chi connectivity index (χ4n) is 13.7. The molecule has 14 atom stereocenters. The Morgan fingerprint density at radius 2 is 1.13 bits per heavy atom. The van der Waals surface area contributed by atoms with E-state index >= 15 is 0 Å². The molecule has 3 aliphatic heterocycles. The highest BCUT2D eigenvalue weighted by Gasteiger charge is 2.60. The van der Waals surface area contributed by atoms with Crippen LogP contribution in [0.4, 0.5) is 0 Å². The summed E-state index contributed by atoms with van der Waals surface area (Å²) in [6.07, 6.45) is 32.9. The fourth-order valence-corrected chi connectivity index (χ4v) is 18.5. The summed E-state index contributed by atoms with van der Waals surface area (Å²) in [5.41, 5.74) is 0. The van der Waals surface area contributed by atoms with Gasteiger partial charge in [-0.25, -0.2) is 0 Å². The van der Waals surface area contributed by atoms with Crippen LogP contribution >= 0.6 is 23.5 Å². The third kappa shape index (κ3) is 4.24. The van der Waals surface area contributed by atoms with Crippen molar-refractivity contribution in [3.8, 4) is 0 Å². The number of likely N-dealkylation sites (tertiary alicyclic amines) is 1. The summed E-state index contributed by atoms with van der Waals surface area (Å²) in [4.78, 5) is 3.25. The van der Waals surface area contributed by atoms with Crippen molar-refractivity contribution in [3.63, 3.8) is 0 Å². The number of nitrogens with zero attached hydrogens (tertiary/aromatic N) is 1. The van der Waals surface area contributed by atoms with Crippen LogP contribution in [-0.2, 0) is 0 Å². The Morgan fingerprint density at radius 3 is 2.05 bits per heavy atom. The monoisotopic (exact) mass is 567 g/mol. The van der Waals surface area contributed by atoms with Crippen molar-refractivity contribution in [1.82, 2.24) is 4.90 Å². The molecule has 0 radical (unpaired) electrons. The summed E-state index contributed by atoms with van der Waals surface area (Å²) in [6.45, 7) is 0. The molecule has 0 bridgehead atoms. The fraction of sp³-hybridized carbons (Fsp3) is 1.00. The minimum atomic E-state index is 0.962. The first-order valence-electron chi connectivity index (χ1n) is 18.4. The van der Waals surface area contributed by atoms with Crippen molar-refractivity contribution >= 4 is 23.5 Å². The summed E-state index contributed by atoms with van der Waals surface area (Å²) < 4.78 is 0. The maximum absolute atomic E-state index is 3.25. The van der Waals surface area contributed by atoms with E-state index in [0.717, 1.165) is 86.5 Å². The largest absolute Gasteiger partial charge is 0.294 e. The second-order valence-corrected chi connectivity index (χ2v) is 19.2. The van der Waals surface area contributed by atoms with Gasteiger partial charge in [-0.2, -0.15) is 23.5 Å². The summed E-state index contributed by atoms with van der Waals surface area (Å²) in [5.74, 6) is 8.74. The van der Waals surface area contributed by atoms with Crippen molar-refractivity contribution in [2.45, 2.75) is 174 Å². The van der Waals surface area contributed by atoms with Gasteiger partial charge in [-0.15, -0.1) is 0 Å². The average Bonchev–Trinajstić information content (AvgIpc) is 3.66. The Morgan fingerprint density at radius 1 is 0.410 bits per heavy atom. The third-order valence-corrected chi connectivity index (χ3v) is 18.8. The van der Waals surface area contributed by atoms with E-state index in [-0.39, 0.29) is 0 Å². The Labute approximate surface area is 248 Å². The van der Waals surface area contributed by atoms with Gasteiger partial charge in [0.05, 0.1) is 0 Å². The molecular formula is C36H57NS2. The molecule has 3 heterocycles. The van der Waals surface area contributed by atoms with Gasteiger partial charge in [0.2, 0.25) is 0 Å². The molecular weight excluding hydrogens is 511 g/mol. The van der Waals surface area contributed by atoms with Gasteiger partial charge in [-0.1, -0.05) is 51.4 Å². The Bertz CT molecular complexity index is 885. The predicted octanol–water partition coefficient (Wildman–Crippen LogP) is 9.58. The van der Waals surface area contributed by atoms with Gasteiger partial charge < -0.3 is 0 Å². The number of thioether (sulfide) groups is 2. The van der Waals surface area contributed by atoms with E-state index in [2.05, 4.69) is 28.4 Å². The molecule has 3 heteroatoms. The Kier molecular flexibility index (Phi) is 7.14. The number of hydrogen-bond donors (Lipinski definition) is 0. The van der Waals surface area contributed by atoms with Crippen LogP contribution in [0.5, 0.6) is 0 Å². The minimum Gasteiger partial charge on any atom is -0.294 e. The first kappa shape index (κ1) is 26.1. The van der Waals surface area contributed by atoms with E-state index in [1.807, 2.05) is 0 Å². The Hall–Kier alpha value is 0.660. The van der Waals surface area contributed by atoms with Crippen LogP contribution in [0.25, 0.3) is 0 Å². The van der Waals surface area contributed by atoms with E-state index in [4.69, 9.17) is 0 Å². The topological polar surface area (TPSA) is 3.24 Å². The van der Waals surface area contributed by atoms with E-state index in [1.54, 1.807) is 89.9 Å². The lowest BCUT2D eigenvalue weighted by atomic mass is 9.60. The number of fused-ring (bicyclic) bond motifs is 10. The molecule has 0 aromatic heterocycles. The summed E-state index contributed by atoms with van der Waals surface area (Å²) >= 11 is 5.16. The zero-order valence-electron chi connectivity index (χ0n) is 24.8. The summed E-state index contributed by atoms with van der Waals surface area (Å²) in [5, 5.41) is 4.22. The standard InChI is InChI=1S/C36H57NS2/c1-2-9-23(10-3-1)37-30-15-6-4-11-25(30)29-21-22(17-19-31(29)37)24-13-8-14-26-27-18-20-33-34(36(27)39-35(24)26)28-12-5-7-16-32(28)38-33/h22-36H,1-21H2. The molecule has 0 aromatic rings. The molecule has 0 aromatic carbocycles. The molecule has 218 valence electrons. The van der Waals surface area contributed by atoms with Crippen LogP contribution in [0, 0.1) is 47.3 Å². The van der Waals surface area contributed by atoms with Gasteiger partial charge in [0.25, 0.3) is 0 Å². The highest BCUT2D eigenvalue weighted by molar-refractivity contribution is 8.01. The molecule has 9 rings (SSSR count). The first-order valence-corrected chi connectivity index (χ1v) is 20.3. The maximum Gasteiger partial charge on any atom is 0.0133 e. The molecule has 14 unspecified atom stereocenters. The summed E-state index contributed by atoms with van der Waals surface area (Å²) in [6, 6.07) is 2.93. The van der Waals surface area contributed by atoms with Crippen molar-refractivity contribution in [3.05, 3.63) is 0 Å². The van der Waals surface area contributed by atoms with Gasteiger partial charge in [0, 0.05) is 39.1 Å². The number of rotatable bonds is 2. The maximum atomic E-state index is 3.25. The van der Waals surface area contributed by atoms with Crippen LogP contribution in [0.15, 0.2) is 0 Å². The zero-order valence-corrected chi connectivity index (χ0v) is 26.4. The molecule has 9 aliphatic rings. The zero-order chi connectivity index (χ0) is 25.5. The van der Waals surface area contributed by atoms with E-state index in [0.29, 0.717) is 0 Å². The van der Waals surface area contributed by atoms with Gasteiger partial charge in [-0.3, -0.25) is 4.90 Å². The highest BCUT2D eigenvalue weighted by atomic mass is 32.2. The van der Waals surface area contributed by atoms with Gasteiger partial charge in [0.1, 0.15) is 0 Å². The van der Waals surface area contributed by atoms with Crippen LogP contribution in [0.1, 0.15) is 135 Å². The van der Waals surface area contributed by atoms with Gasteiger partial charge >= 0.3 is 0 Å². The minimum absolute atomic E-state index is 0.962. The summed E-state index contributed by atoms with van der Waals surface area (Å²) in [7, 11) is 0. The lowest BCUT2D eigenvalue weighted by molar-refractivity contribution is 0.0457. The van der Waals surface area contributed by atoms with Crippen LogP contribution < -0.4 is 0 Å². The molecule has 9 fully saturated rings. The molecule has 6 saturated carbocycles. The van der Waals surface area contributed by atoms with Crippen molar-refractivity contribution in [2.24, 2.45) is 47.3 Å². The Balaban J connectivity index is 0.944. The molecule has 3 saturated heterocycles. The lowest BCUT2D eigenvalue weighted by Gasteiger charge is -2.46. The highest BCUT2D eigenvalue weighted by Crippen LogP contribution is 2.66.